The Morgan fingerprint density at radius 3 is 2.40 bits per heavy atom. The van der Waals surface area contributed by atoms with Crippen molar-refractivity contribution in [3.05, 3.63) is 59.3 Å². The molecule has 1 N–H and O–H groups in total. The van der Waals surface area contributed by atoms with E-state index in [1.54, 1.807) is 24.3 Å². The molecule has 2 rings (SSSR count). The van der Waals surface area contributed by atoms with Gasteiger partial charge in [0.1, 0.15) is 5.82 Å². The second kappa shape index (κ2) is 8.19. The predicted molar refractivity (Wildman–Crippen MR) is 93.6 cm³/mol. The summed E-state index contributed by atoms with van der Waals surface area (Å²) in [4.78, 5) is 39.6. The molecule has 2 aromatic rings. The zero-order valence-corrected chi connectivity index (χ0v) is 14.4. The molecule has 1 heterocycles. The van der Waals surface area contributed by atoms with Gasteiger partial charge in [0.25, 0.3) is 0 Å². The van der Waals surface area contributed by atoms with Crippen LogP contribution in [0.5, 0.6) is 0 Å². The van der Waals surface area contributed by atoms with Crippen LogP contribution < -0.4 is 5.32 Å². The monoisotopic (exact) mass is 340 g/mol. The van der Waals surface area contributed by atoms with E-state index in [1.165, 1.54) is 19.9 Å². The molecule has 0 aliphatic rings. The average Bonchev–Trinajstić information content (AvgIpc) is 2.60. The lowest BCUT2D eigenvalue weighted by Crippen LogP contribution is -2.25. The fraction of sp³-hybridized carbons (Fsp3) is 0.263. The lowest BCUT2D eigenvalue weighted by molar-refractivity contribution is -0.114. The summed E-state index contributed by atoms with van der Waals surface area (Å²) in [5, 5.41) is 2.49. The Morgan fingerprint density at radius 1 is 1.12 bits per heavy atom. The highest BCUT2D eigenvalue weighted by atomic mass is 16.5. The second-order valence-electron chi connectivity index (χ2n) is 5.55. The van der Waals surface area contributed by atoms with Gasteiger partial charge in [-0.15, -0.1) is 0 Å². The first-order chi connectivity index (χ1) is 11.9. The number of anilines is 1. The van der Waals surface area contributed by atoms with Gasteiger partial charge in [-0.2, -0.15) is 0 Å². The molecule has 0 bridgehead atoms. The Kier molecular flexibility index (Phi) is 6.00. The third-order valence-electron chi connectivity index (χ3n) is 3.56. The first-order valence-corrected chi connectivity index (χ1v) is 7.99. The van der Waals surface area contributed by atoms with E-state index in [9.17, 15) is 14.4 Å². The van der Waals surface area contributed by atoms with E-state index < -0.39 is 12.1 Å². The summed E-state index contributed by atoms with van der Waals surface area (Å²) >= 11 is 0. The number of pyridine rings is 1. The molecule has 1 atom stereocenters. The Balaban J connectivity index is 2.05. The summed E-state index contributed by atoms with van der Waals surface area (Å²) in [7, 11) is 0. The van der Waals surface area contributed by atoms with Crippen LogP contribution in [0.1, 0.15) is 47.2 Å². The smallest absolute Gasteiger partial charge is 0.357 e. The Bertz CT molecular complexity index is 784. The van der Waals surface area contributed by atoms with Crippen molar-refractivity contribution in [2.24, 2.45) is 0 Å². The fourth-order valence-corrected chi connectivity index (χ4v) is 2.21. The molecule has 0 fully saturated rings. The van der Waals surface area contributed by atoms with Gasteiger partial charge in [-0.25, -0.2) is 9.78 Å². The number of carbonyl (C=O) groups is 3. The fourth-order valence-electron chi connectivity index (χ4n) is 2.21. The van der Waals surface area contributed by atoms with Crippen molar-refractivity contribution in [2.75, 3.05) is 5.32 Å². The molecule has 0 saturated heterocycles. The summed E-state index contributed by atoms with van der Waals surface area (Å²) in [6.07, 6.45) is -0.0545. The lowest BCUT2D eigenvalue weighted by Gasteiger charge is -2.12. The number of benzene rings is 1. The molecule has 6 heteroatoms. The number of amides is 1. The predicted octanol–water partition coefficient (Wildman–Crippen LogP) is 3.03. The van der Waals surface area contributed by atoms with Crippen LogP contribution in [-0.4, -0.2) is 28.7 Å². The van der Waals surface area contributed by atoms with Gasteiger partial charge in [0, 0.05) is 12.5 Å². The first kappa shape index (κ1) is 18.3. The summed E-state index contributed by atoms with van der Waals surface area (Å²) in [6, 6.07) is 11.8. The number of hydrogen-bond donors (Lipinski definition) is 1. The second-order valence-corrected chi connectivity index (χ2v) is 5.55. The standard InChI is InChI=1S/C19H20N2O4/c1-4-14-8-10-15(11-9-14)18(23)12(2)25-19(24)16-6-5-7-17(21-16)20-13(3)22/h5-12H,4H2,1-3H3,(H,20,21,22). The molecule has 1 aromatic carbocycles. The minimum Gasteiger partial charge on any atom is -0.450 e. The largest absolute Gasteiger partial charge is 0.450 e. The van der Waals surface area contributed by atoms with E-state index in [2.05, 4.69) is 10.3 Å². The summed E-state index contributed by atoms with van der Waals surface area (Å²) in [5.74, 6) is -1.06. The van der Waals surface area contributed by atoms with E-state index in [-0.39, 0.29) is 23.2 Å². The van der Waals surface area contributed by atoms with Gasteiger partial charge in [-0.3, -0.25) is 9.59 Å². The normalized spacial score (nSPS) is 11.5. The van der Waals surface area contributed by atoms with Crippen LogP contribution in [0.4, 0.5) is 5.82 Å². The third-order valence-corrected chi connectivity index (χ3v) is 3.56. The number of rotatable bonds is 6. The number of hydrogen-bond acceptors (Lipinski definition) is 5. The van der Waals surface area contributed by atoms with Crippen LogP contribution in [0.2, 0.25) is 0 Å². The molecule has 0 aliphatic heterocycles. The van der Waals surface area contributed by atoms with Gasteiger partial charge in [-0.05, 0) is 31.0 Å². The zero-order chi connectivity index (χ0) is 18.4. The molecular formula is C19H20N2O4. The van der Waals surface area contributed by atoms with Crippen LogP contribution in [-0.2, 0) is 16.0 Å². The van der Waals surface area contributed by atoms with Crippen LogP contribution in [0.25, 0.3) is 0 Å². The topological polar surface area (TPSA) is 85.4 Å². The maximum absolute atomic E-state index is 12.4. The average molecular weight is 340 g/mol. The number of Topliss-reactive ketones (excluding diaryl/α,β-unsaturated/α-hetero) is 1. The summed E-state index contributed by atoms with van der Waals surface area (Å²) in [5.41, 5.74) is 1.63. The molecule has 1 unspecified atom stereocenters. The number of nitrogens with zero attached hydrogens (tertiary/aromatic N) is 1. The molecule has 6 nitrogen and oxygen atoms in total. The van der Waals surface area contributed by atoms with Gasteiger partial charge in [0.05, 0.1) is 0 Å². The van der Waals surface area contributed by atoms with Gasteiger partial charge in [-0.1, -0.05) is 37.3 Å². The van der Waals surface area contributed by atoms with Crippen molar-refractivity contribution >= 4 is 23.5 Å². The van der Waals surface area contributed by atoms with E-state index in [1.807, 2.05) is 19.1 Å². The molecule has 0 radical (unpaired) electrons. The first-order valence-electron chi connectivity index (χ1n) is 7.99. The highest BCUT2D eigenvalue weighted by Gasteiger charge is 2.21. The summed E-state index contributed by atoms with van der Waals surface area (Å²) in [6.45, 7) is 4.90. The number of aryl methyl sites for hydroxylation is 1. The number of ketones is 1. The molecule has 0 spiro atoms. The molecule has 0 aliphatic carbocycles. The quantitative estimate of drug-likeness (QED) is 0.645. The number of aromatic nitrogens is 1. The Morgan fingerprint density at radius 2 is 1.80 bits per heavy atom. The zero-order valence-electron chi connectivity index (χ0n) is 14.4. The molecule has 1 aromatic heterocycles. The lowest BCUT2D eigenvalue weighted by atomic mass is 10.0. The van der Waals surface area contributed by atoms with Crippen molar-refractivity contribution in [2.45, 2.75) is 33.3 Å². The molecule has 25 heavy (non-hydrogen) atoms. The molecule has 130 valence electrons. The Hall–Kier alpha value is -3.02. The minimum absolute atomic E-state index is 0.0206. The number of nitrogens with one attached hydrogen (secondary N) is 1. The van der Waals surface area contributed by atoms with Gasteiger partial charge < -0.3 is 10.1 Å². The highest BCUT2D eigenvalue weighted by molar-refractivity contribution is 6.01. The van der Waals surface area contributed by atoms with Gasteiger partial charge in [0.2, 0.25) is 11.7 Å². The highest BCUT2D eigenvalue weighted by Crippen LogP contribution is 2.12. The molecule has 1 amide bonds. The molecule has 0 saturated carbocycles. The van der Waals surface area contributed by atoms with Gasteiger partial charge >= 0.3 is 5.97 Å². The minimum atomic E-state index is -0.939. The van der Waals surface area contributed by atoms with Crippen LogP contribution >= 0.6 is 0 Å². The number of carbonyl (C=O) groups excluding carboxylic acids is 3. The number of esters is 1. The van der Waals surface area contributed by atoms with Crippen LogP contribution in [0.15, 0.2) is 42.5 Å². The Labute approximate surface area is 146 Å². The molecular weight excluding hydrogens is 320 g/mol. The van der Waals surface area contributed by atoms with E-state index >= 15 is 0 Å². The van der Waals surface area contributed by atoms with Crippen molar-refractivity contribution in [3.63, 3.8) is 0 Å². The maximum atomic E-state index is 12.4. The van der Waals surface area contributed by atoms with Gasteiger partial charge in [0.15, 0.2) is 11.8 Å². The van der Waals surface area contributed by atoms with E-state index in [0.717, 1.165) is 12.0 Å². The van der Waals surface area contributed by atoms with Crippen LogP contribution in [0.3, 0.4) is 0 Å². The van der Waals surface area contributed by atoms with E-state index in [4.69, 9.17) is 4.74 Å². The van der Waals surface area contributed by atoms with Crippen LogP contribution in [0, 0.1) is 0 Å². The van der Waals surface area contributed by atoms with Crippen molar-refractivity contribution < 1.29 is 19.1 Å². The van der Waals surface area contributed by atoms with Crippen molar-refractivity contribution in [1.82, 2.24) is 4.98 Å². The number of ether oxygens (including phenoxy) is 1. The summed E-state index contributed by atoms with van der Waals surface area (Å²) < 4.78 is 5.21. The SMILES string of the molecule is CCc1ccc(C(=O)C(C)OC(=O)c2cccc(NC(C)=O)n2)cc1. The van der Waals surface area contributed by atoms with Crippen molar-refractivity contribution in [3.8, 4) is 0 Å². The van der Waals surface area contributed by atoms with Crippen molar-refractivity contribution in [1.29, 1.82) is 0 Å². The maximum Gasteiger partial charge on any atom is 0.357 e. The van der Waals surface area contributed by atoms with E-state index in [0.29, 0.717) is 5.56 Å². The third kappa shape index (κ3) is 4.97.